The zero-order valence-electron chi connectivity index (χ0n) is 17.0. The third kappa shape index (κ3) is 3.70. The van der Waals surface area contributed by atoms with Crippen LogP contribution in [0.3, 0.4) is 0 Å². The monoisotopic (exact) mass is 419 g/mol. The average molecular weight is 419 g/mol. The Morgan fingerprint density at radius 2 is 1.97 bits per heavy atom. The van der Waals surface area contributed by atoms with Gasteiger partial charge in [0.05, 0.1) is 12.7 Å². The molecular weight excluding hydrogens is 397 g/mol. The van der Waals surface area contributed by atoms with Crippen molar-refractivity contribution in [2.75, 3.05) is 12.3 Å². The molecule has 2 aromatic carbocycles. The molecule has 5 rings (SSSR count). The van der Waals surface area contributed by atoms with Crippen molar-refractivity contribution in [3.8, 4) is 22.8 Å². The molecule has 1 aliphatic rings. The molecule has 0 bridgehead atoms. The van der Waals surface area contributed by atoms with E-state index in [9.17, 15) is 0 Å². The molecule has 31 heavy (non-hydrogen) atoms. The molecule has 2 aromatic heterocycles. The number of nitrogens with two attached hydrogens (primary N) is 1. The summed E-state index contributed by atoms with van der Waals surface area (Å²) in [6.45, 7) is 2.59. The number of nitrogen functional groups attached to an aromatic ring is 1. The number of nitrogens with zero attached hydrogens (tertiary/aromatic N) is 4. The molecule has 0 saturated carbocycles. The molecule has 2 atom stereocenters. The highest BCUT2D eigenvalue weighted by atomic mass is 19.1. The lowest BCUT2D eigenvalue weighted by Crippen LogP contribution is -2.24. The number of ether oxygens (including phenoxy) is 2. The summed E-state index contributed by atoms with van der Waals surface area (Å²) in [4.78, 5) is 8.86. The molecule has 1 fully saturated rings. The Labute approximate surface area is 178 Å². The molecular formula is C23H22FN5O2. The molecule has 0 radical (unpaired) electrons. The van der Waals surface area contributed by atoms with Crippen molar-refractivity contribution in [3.63, 3.8) is 0 Å². The summed E-state index contributed by atoms with van der Waals surface area (Å²) < 4.78 is 28.4. The van der Waals surface area contributed by atoms with Crippen LogP contribution in [0.1, 0.15) is 31.5 Å². The fourth-order valence-electron chi connectivity index (χ4n) is 3.89. The van der Waals surface area contributed by atoms with Crippen molar-refractivity contribution >= 4 is 11.3 Å². The maximum Gasteiger partial charge on any atom is 0.153 e. The summed E-state index contributed by atoms with van der Waals surface area (Å²) in [7, 11) is 0. The molecule has 8 heteroatoms. The summed E-state index contributed by atoms with van der Waals surface area (Å²) in [5.74, 6) is 1.57. The molecule has 4 aromatic rings. The topological polar surface area (TPSA) is 87.6 Å². The van der Waals surface area contributed by atoms with Crippen LogP contribution in [0.15, 0.2) is 54.9 Å². The number of halogens is 1. The maximum absolute atomic E-state index is 15.2. The zero-order chi connectivity index (χ0) is 21.4. The average Bonchev–Trinajstić information content (AvgIpc) is 3.16. The highest BCUT2D eigenvalue weighted by Gasteiger charge is 2.28. The highest BCUT2D eigenvalue weighted by molar-refractivity contribution is 5.85. The Morgan fingerprint density at radius 1 is 1.13 bits per heavy atom. The van der Waals surface area contributed by atoms with Crippen molar-refractivity contribution in [2.45, 2.75) is 31.8 Å². The predicted molar refractivity (Wildman–Crippen MR) is 114 cm³/mol. The van der Waals surface area contributed by atoms with E-state index in [1.165, 1.54) is 12.4 Å². The van der Waals surface area contributed by atoms with Crippen molar-refractivity contribution in [3.05, 3.63) is 66.5 Å². The van der Waals surface area contributed by atoms with Crippen LogP contribution in [0, 0.1) is 5.82 Å². The van der Waals surface area contributed by atoms with Gasteiger partial charge < -0.3 is 15.2 Å². The molecule has 3 heterocycles. The van der Waals surface area contributed by atoms with Crippen molar-refractivity contribution in [2.24, 2.45) is 0 Å². The maximum atomic E-state index is 15.2. The fraction of sp³-hybridized carbons (Fsp3) is 0.261. The van der Waals surface area contributed by atoms with Gasteiger partial charge in [-0.2, -0.15) is 5.10 Å². The van der Waals surface area contributed by atoms with Gasteiger partial charge in [-0.05, 0) is 44.0 Å². The Balaban J connectivity index is 1.55. The van der Waals surface area contributed by atoms with E-state index < -0.39 is 5.82 Å². The van der Waals surface area contributed by atoms with Crippen LogP contribution in [-0.2, 0) is 4.74 Å². The Morgan fingerprint density at radius 3 is 2.71 bits per heavy atom. The van der Waals surface area contributed by atoms with E-state index in [0.29, 0.717) is 40.7 Å². The van der Waals surface area contributed by atoms with E-state index >= 15 is 4.39 Å². The minimum atomic E-state index is -0.461. The molecule has 7 nitrogen and oxygen atoms in total. The Bertz CT molecular complexity index is 1220. The minimum absolute atomic E-state index is 0.0514. The lowest BCUT2D eigenvalue weighted by Gasteiger charge is -2.25. The summed E-state index contributed by atoms with van der Waals surface area (Å²) in [6, 6.07) is 13.9. The minimum Gasteiger partial charge on any atom is -0.457 e. The standard InChI is InChI=1S/C23H22FN5O2/c1-14-7-8-15(12-30-14)23-28-20(21-22(25)26-13-27-29(21)23)18-10-9-17(11-19(18)24)31-16-5-3-2-4-6-16/h2-6,9-11,13-15H,7-8,12H2,1H3,(H2,25,26,27)/t14-,15+/m1/s1. The Kier molecular flexibility index (Phi) is 4.99. The van der Waals surface area contributed by atoms with Gasteiger partial charge in [-0.1, -0.05) is 18.2 Å². The molecule has 0 unspecified atom stereocenters. The van der Waals surface area contributed by atoms with E-state index in [4.69, 9.17) is 20.2 Å². The second kappa shape index (κ2) is 7.96. The second-order valence-electron chi connectivity index (χ2n) is 7.70. The number of rotatable bonds is 4. The van der Waals surface area contributed by atoms with Gasteiger partial charge in [0.1, 0.15) is 40.7 Å². The second-order valence-corrected chi connectivity index (χ2v) is 7.70. The summed E-state index contributed by atoms with van der Waals surface area (Å²) >= 11 is 0. The van der Waals surface area contributed by atoms with Gasteiger partial charge in [-0.15, -0.1) is 0 Å². The summed E-state index contributed by atoms with van der Waals surface area (Å²) in [5.41, 5.74) is 7.37. The van der Waals surface area contributed by atoms with Gasteiger partial charge >= 0.3 is 0 Å². The first-order valence-corrected chi connectivity index (χ1v) is 10.2. The van der Waals surface area contributed by atoms with Crippen LogP contribution >= 0.6 is 0 Å². The zero-order valence-corrected chi connectivity index (χ0v) is 17.0. The van der Waals surface area contributed by atoms with Gasteiger partial charge in [-0.25, -0.2) is 18.9 Å². The molecule has 1 aliphatic heterocycles. The van der Waals surface area contributed by atoms with Gasteiger partial charge in [0.2, 0.25) is 0 Å². The van der Waals surface area contributed by atoms with E-state index in [1.807, 2.05) is 30.3 Å². The van der Waals surface area contributed by atoms with E-state index in [1.54, 1.807) is 16.6 Å². The van der Waals surface area contributed by atoms with Crippen molar-refractivity contribution in [1.29, 1.82) is 0 Å². The van der Waals surface area contributed by atoms with Crippen LogP contribution in [0.4, 0.5) is 10.2 Å². The van der Waals surface area contributed by atoms with E-state index in [-0.39, 0.29) is 17.8 Å². The van der Waals surface area contributed by atoms with Crippen LogP contribution < -0.4 is 10.5 Å². The van der Waals surface area contributed by atoms with Gasteiger partial charge in [0.15, 0.2) is 5.82 Å². The Hall–Kier alpha value is -3.52. The molecule has 158 valence electrons. The number of aromatic nitrogens is 4. The van der Waals surface area contributed by atoms with Crippen molar-refractivity contribution in [1.82, 2.24) is 19.6 Å². The number of anilines is 1. The third-order valence-corrected chi connectivity index (χ3v) is 5.53. The number of benzene rings is 2. The van der Waals surface area contributed by atoms with E-state index in [2.05, 4.69) is 17.0 Å². The van der Waals surface area contributed by atoms with Gasteiger partial charge in [-0.3, -0.25) is 0 Å². The first-order chi connectivity index (χ1) is 15.1. The SMILES string of the molecule is C[C@@H]1CC[C@H](c2nc(-c3ccc(Oc4ccccc4)cc3F)c3c(N)ncnn23)CO1. The number of hydrogen-bond donors (Lipinski definition) is 1. The summed E-state index contributed by atoms with van der Waals surface area (Å²) in [5, 5.41) is 4.35. The third-order valence-electron chi connectivity index (χ3n) is 5.53. The number of fused-ring (bicyclic) bond motifs is 1. The quantitative estimate of drug-likeness (QED) is 0.521. The first-order valence-electron chi connectivity index (χ1n) is 10.2. The largest absolute Gasteiger partial charge is 0.457 e. The first kappa shape index (κ1) is 19.4. The van der Waals surface area contributed by atoms with Crippen LogP contribution in [0.5, 0.6) is 11.5 Å². The number of para-hydroxylation sites is 1. The smallest absolute Gasteiger partial charge is 0.153 e. The fourth-order valence-corrected chi connectivity index (χ4v) is 3.89. The molecule has 1 saturated heterocycles. The number of hydrogen-bond acceptors (Lipinski definition) is 6. The van der Waals surface area contributed by atoms with Gasteiger partial charge in [0, 0.05) is 17.5 Å². The van der Waals surface area contributed by atoms with Crippen LogP contribution in [0.2, 0.25) is 0 Å². The molecule has 2 N–H and O–H groups in total. The molecule has 0 spiro atoms. The van der Waals surface area contributed by atoms with Crippen molar-refractivity contribution < 1.29 is 13.9 Å². The number of imidazole rings is 1. The lowest BCUT2D eigenvalue weighted by molar-refractivity contribution is 0.0134. The molecule has 0 aliphatic carbocycles. The summed E-state index contributed by atoms with van der Waals surface area (Å²) in [6.07, 6.45) is 3.44. The van der Waals surface area contributed by atoms with Crippen LogP contribution in [-0.4, -0.2) is 32.3 Å². The highest BCUT2D eigenvalue weighted by Crippen LogP contribution is 2.36. The van der Waals surface area contributed by atoms with E-state index in [0.717, 1.165) is 12.8 Å². The lowest BCUT2D eigenvalue weighted by atomic mass is 9.98. The normalized spacial score (nSPS) is 18.9. The molecule has 0 amide bonds. The predicted octanol–water partition coefficient (Wildman–Crippen LogP) is 4.59. The van der Waals surface area contributed by atoms with Gasteiger partial charge in [0.25, 0.3) is 0 Å². The van der Waals surface area contributed by atoms with Crippen LogP contribution in [0.25, 0.3) is 16.8 Å².